The van der Waals surface area contributed by atoms with Crippen LogP contribution in [0.15, 0.2) is 0 Å². The van der Waals surface area contributed by atoms with E-state index >= 15 is 0 Å². The molecule has 2 aliphatic heterocycles. The van der Waals surface area contributed by atoms with Crippen LogP contribution in [0.2, 0.25) is 0 Å². The molecule has 2 rings (SSSR count). The zero-order valence-electron chi connectivity index (χ0n) is 38.3. The highest BCUT2D eigenvalue weighted by atomic mass is 16.7. The zero-order chi connectivity index (χ0) is 50.2. The Balaban J connectivity index is 1.98. The van der Waals surface area contributed by atoms with Crippen molar-refractivity contribution in [2.24, 2.45) is 0 Å². The fourth-order valence-corrected chi connectivity index (χ4v) is 7.74. The second-order valence-corrected chi connectivity index (χ2v) is 17.3. The summed E-state index contributed by atoms with van der Waals surface area (Å²) in [5.41, 5.74) is 0. The average molecular weight is 980 g/mol. The van der Waals surface area contributed by atoms with Gasteiger partial charge in [-0.1, -0.05) is 64.7 Å². The number of nitrogens with zero attached hydrogens (tertiary/aromatic N) is 1. The van der Waals surface area contributed by atoms with Gasteiger partial charge in [-0.05, 0) is 38.9 Å². The van der Waals surface area contributed by atoms with Crippen LogP contribution in [0.1, 0.15) is 84.0 Å². The summed E-state index contributed by atoms with van der Waals surface area (Å²) >= 11 is 0. The lowest BCUT2D eigenvalue weighted by molar-refractivity contribution is -0.326. The first-order valence-corrected chi connectivity index (χ1v) is 23.4. The van der Waals surface area contributed by atoms with Gasteiger partial charge < -0.3 is 116 Å². The van der Waals surface area contributed by atoms with Gasteiger partial charge in [0.1, 0.15) is 85.5 Å². The lowest BCUT2D eigenvalue weighted by Gasteiger charge is -2.42. The molecule has 2 heterocycles. The average Bonchev–Trinajstić information content (AvgIpc) is 3.33. The lowest BCUT2D eigenvalue weighted by Crippen LogP contribution is -2.62. The van der Waals surface area contributed by atoms with Crippen molar-refractivity contribution in [1.29, 1.82) is 0 Å². The topological polar surface area (TPSA) is 422 Å². The second-order valence-electron chi connectivity index (χ2n) is 17.3. The van der Waals surface area contributed by atoms with Gasteiger partial charge in [-0.2, -0.15) is 0 Å². The summed E-state index contributed by atoms with van der Waals surface area (Å²) in [5.74, 6) is -2.17. The number of carbonyl (C=O) groups is 2. The van der Waals surface area contributed by atoms with Crippen molar-refractivity contribution in [1.82, 2.24) is 15.5 Å². The number of hydrogen-bond donors (Lipinski definition) is 18. The number of aliphatic hydroxyl groups is 16. The van der Waals surface area contributed by atoms with E-state index in [0.717, 1.165) is 32.1 Å². The van der Waals surface area contributed by atoms with E-state index in [1.54, 1.807) is 0 Å². The van der Waals surface area contributed by atoms with Crippen molar-refractivity contribution < 1.29 is 110 Å². The van der Waals surface area contributed by atoms with Crippen LogP contribution in [0.5, 0.6) is 0 Å². The number of rotatable bonds is 35. The van der Waals surface area contributed by atoms with Gasteiger partial charge in [0.25, 0.3) is 11.8 Å². The van der Waals surface area contributed by atoms with Crippen LogP contribution < -0.4 is 10.6 Å². The molecule has 2 fully saturated rings. The van der Waals surface area contributed by atoms with E-state index < -0.39 is 148 Å². The van der Waals surface area contributed by atoms with E-state index in [1.807, 2.05) is 0 Å². The first-order valence-electron chi connectivity index (χ1n) is 23.4. The molecule has 0 radical (unpaired) electrons. The number of amides is 2. The summed E-state index contributed by atoms with van der Waals surface area (Å²) in [6.07, 6.45) is -22.7. The molecule has 18 N–H and O–H groups in total. The molecule has 0 aliphatic carbocycles. The molecule has 0 aromatic heterocycles. The third-order valence-electron chi connectivity index (χ3n) is 12.0. The summed E-state index contributed by atoms with van der Waals surface area (Å²) in [4.78, 5) is 27.9. The Labute approximate surface area is 390 Å². The Hall–Kier alpha value is -1.90. The third-order valence-corrected chi connectivity index (χ3v) is 12.0. The van der Waals surface area contributed by atoms with Crippen molar-refractivity contribution in [3.63, 3.8) is 0 Å². The summed E-state index contributed by atoms with van der Waals surface area (Å²) in [6.45, 7) is -0.0936. The van der Waals surface area contributed by atoms with Crippen LogP contribution in [0, 0.1) is 0 Å². The first-order chi connectivity index (χ1) is 31.9. The summed E-state index contributed by atoms with van der Waals surface area (Å²) < 4.78 is 21.2. The number of aliphatic hydroxyl groups excluding tert-OH is 16. The van der Waals surface area contributed by atoms with Gasteiger partial charge >= 0.3 is 0 Å². The third kappa shape index (κ3) is 19.7. The number of hydrogen-bond acceptors (Lipinski definition) is 23. The minimum atomic E-state index is -2.24. The molecule has 67 heavy (non-hydrogen) atoms. The molecule has 0 aromatic carbocycles. The van der Waals surface area contributed by atoms with E-state index in [-0.39, 0.29) is 13.1 Å². The molecule has 0 unspecified atom stereocenters. The standard InChI is InChI=1S/C42H81N3O22/c1-2-3-4-5-6-7-8-9-10-11-16-45(17-12-14-43-39(62)33(58)31(56)37(23(50)19-46)66-41-35(60)29(54)27(52)25(21-48)64-41)18-13-15-44-40(63)34(59)32(57)38(24(51)20-47)67-42-36(61)30(55)28(53)26(22-49)65-42/h23-38,41-42,46-61H,2-22H2,1H3,(H,43,62)(H,44,63)/t23-,24-,25-,26-,27+,28+,29+,30+,31+,32+,33-,34-,35-,36-,37-,38-,41+,42+/m1/s1. The van der Waals surface area contributed by atoms with Gasteiger partial charge in [0.2, 0.25) is 0 Å². The number of carbonyl (C=O) groups excluding carboxylic acids is 2. The molecule has 18 atom stereocenters. The highest BCUT2D eigenvalue weighted by Crippen LogP contribution is 2.27. The lowest BCUT2D eigenvalue weighted by atomic mass is 9.98. The molecule has 2 aliphatic rings. The Morgan fingerprint density at radius 1 is 0.507 bits per heavy atom. The van der Waals surface area contributed by atoms with Crippen molar-refractivity contribution in [3.8, 4) is 0 Å². The Morgan fingerprint density at radius 3 is 1.19 bits per heavy atom. The predicted molar refractivity (Wildman–Crippen MR) is 231 cm³/mol. The molecular weight excluding hydrogens is 898 g/mol. The maximum Gasteiger partial charge on any atom is 0.251 e. The minimum Gasteiger partial charge on any atom is -0.394 e. The fourth-order valence-electron chi connectivity index (χ4n) is 7.74. The highest BCUT2D eigenvalue weighted by Gasteiger charge is 2.49. The van der Waals surface area contributed by atoms with E-state index in [1.165, 1.54) is 32.1 Å². The van der Waals surface area contributed by atoms with E-state index in [9.17, 15) is 91.3 Å². The van der Waals surface area contributed by atoms with Crippen LogP contribution in [0.25, 0.3) is 0 Å². The van der Waals surface area contributed by atoms with Crippen LogP contribution in [-0.2, 0) is 28.5 Å². The Morgan fingerprint density at radius 2 is 0.851 bits per heavy atom. The van der Waals surface area contributed by atoms with Crippen LogP contribution in [0.3, 0.4) is 0 Å². The Kier molecular flexibility index (Phi) is 30.0. The largest absolute Gasteiger partial charge is 0.394 e. The van der Waals surface area contributed by atoms with E-state index in [2.05, 4.69) is 22.5 Å². The van der Waals surface area contributed by atoms with Crippen LogP contribution in [0.4, 0.5) is 0 Å². The highest BCUT2D eigenvalue weighted by molar-refractivity contribution is 5.81. The molecule has 0 aromatic rings. The number of nitrogens with one attached hydrogen (secondary N) is 2. The maximum absolute atomic E-state index is 12.9. The monoisotopic (exact) mass is 980 g/mol. The molecule has 0 spiro atoms. The van der Waals surface area contributed by atoms with Gasteiger partial charge in [0.15, 0.2) is 24.8 Å². The van der Waals surface area contributed by atoms with Gasteiger partial charge in [-0.25, -0.2) is 0 Å². The van der Waals surface area contributed by atoms with Gasteiger partial charge in [0, 0.05) is 13.1 Å². The molecule has 396 valence electrons. The number of ether oxygens (including phenoxy) is 4. The van der Waals surface area contributed by atoms with Crippen molar-refractivity contribution in [3.05, 3.63) is 0 Å². The Bertz CT molecular complexity index is 1250. The molecule has 25 heteroatoms. The van der Waals surface area contributed by atoms with Crippen LogP contribution >= 0.6 is 0 Å². The molecule has 25 nitrogen and oxygen atoms in total. The smallest absolute Gasteiger partial charge is 0.251 e. The van der Waals surface area contributed by atoms with Crippen molar-refractivity contribution >= 4 is 11.8 Å². The molecule has 0 saturated carbocycles. The quantitative estimate of drug-likeness (QED) is 0.0262. The normalized spacial score (nSPS) is 29.4. The molecule has 2 amide bonds. The minimum absolute atomic E-state index is 0.00913. The first kappa shape index (κ1) is 61.2. The van der Waals surface area contributed by atoms with Crippen LogP contribution in [-0.4, -0.2) is 268 Å². The van der Waals surface area contributed by atoms with E-state index in [4.69, 9.17) is 18.9 Å². The summed E-state index contributed by atoms with van der Waals surface area (Å²) in [5, 5.41) is 168. The fraction of sp³-hybridized carbons (Fsp3) is 0.952. The van der Waals surface area contributed by atoms with E-state index in [0.29, 0.717) is 32.5 Å². The molecule has 2 saturated heterocycles. The zero-order valence-corrected chi connectivity index (χ0v) is 38.3. The maximum atomic E-state index is 12.9. The predicted octanol–water partition coefficient (Wildman–Crippen LogP) is -7.26. The summed E-state index contributed by atoms with van der Waals surface area (Å²) in [7, 11) is 0. The second kappa shape index (κ2) is 32.9. The van der Waals surface area contributed by atoms with Crippen molar-refractivity contribution in [2.45, 2.75) is 194 Å². The van der Waals surface area contributed by atoms with Crippen molar-refractivity contribution in [2.75, 3.05) is 59.2 Å². The number of unbranched alkanes of at least 4 members (excludes halogenated alkanes) is 9. The molecular formula is C42H81N3O22. The van der Waals surface area contributed by atoms with Gasteiger partial charge in [-0.3, -0.25) is 9.59 Å². The summed E-state index contributed by atoms with van der Waals surface area (Å²) in [6, 6.07) is 0. The van der Waals surface area contributed by atoms with Gasteiger partial charge in [0.05, 0.1) is 26.4 Å². The van der Waals surface area contributed by atoms with Gasteiger partial charge in [-0.15, -0.1) is 0 Å². The molecule has 0 bridgehead atoms. The SMILES string of the molecule is CCCCCCCCCCCCN(CCCNC(=O)[C@H](O)[C@H](O)[C@H](O[C@@H]1O[C@H](CO)[C@H](O)[C@H](O)[C@H]1O)[C@H](O)CO)CCCNC(=O)[C@H](O)[C@H](O)[C@H](O[C@@H]1O[C@H](CO)[C@H](O)[C@H](O)[C@H]1O)[C@H](O)CO.